The molecule has 0 aliphatic rings. The van der Waals surface area contributed by atoms with Crippen molar-refractivity contribution in [2.75, 3.05) is 0 Å². The predicted octanol–water partition coefficient (Wildman–Crippen LogP) is 5.52. The molecule has 0 aliphatic heterocycles. The molecule has 19 heavy (non-hydrogen) atoms. The largest absolute Gasteiger partial charge is 2.00 e. The number of rotatable bonds is 0. The van der Waals surface area contributed by atoms with E-state index in [1.54, 1.807) is 0 Å². The molecule has 0 nitrogen and oxygen atoms in total. The van der Waals surface area contributed by atoms with Crippen LogP contribution in [-0.2, 0) is 25.3 Å². The molecule has 0 saturated heterocycles. The van der Waals surface area contributed by atoms with Crippen molar-refractivity contribution in [2.45, 2.75) is 92.6 Å². The Balaban J connectivity index is -0.0000000453. The van der Waals surface area contributed by atoms with Gasteiger partial charge in [0.2, 0.25) is 0 Å². The van der Waals surface area contributed by atoms with E-state index in [1.807, 2.05) is 41.5 Å². The zero-order valence-electron chi connectivity index (χ0n) is 15.3. The van der Waals surface area contributed by atoms with Gasteiger partial charge in [0.05, 0.1) is 0 Å². The second-order valence-electron chi connectivity index (χ2n) is 7.22. The first kappa shape index (κ1) is 32.4. The van der Waals surface area contributed by atoms with E-state index in [0.717, 1.165) is 0 Å². The van der Waals surface area contributed by atoms with Crippen molar-refractivity contribution in [1.29, 1.82) is 0 Å². The fourth-order valence-corrected chi connectivity index (χ4v) is 0. The Labute approximate surface area is 153 Å². The van der Waals surface area contributed by atoms with Crippen LogP contribution in [0.25, 0.3) is 0 Å². The summed E-state index contributed by atoms with van der Waals surface area (Å²) in [5.74, 6) is 2.83. The molecule has 116 valence electrons. The third-order valence-corrected chi connectivity index (χ3v) is 0. The van der Waals surface area contributed by atoms with Crippen LogP contribution in [-0.4, -0.2) is 33.4 Å². The van der Waals surface area contributed by atoms with Gasteiger partial charge >= 0.3 is 23.9 Å². The Morgan fingerprint density at radius 2 is 0.526 bits per heavy atom. The second-order valence-corrected chi connectivity index (χ2v) is 9.67. The molecule has 0 heterocycles. The first-order chi connectivity index (χ1) is 7.46. The molecule has 0 aromatic carbocycles. The van der Waals surface area contributed by atoms with Crippen LogP contribution in [0.4, 0.5) is 0 Å². The molecule has 0 rings (SSSR count). The van der Waals surface area contributed by atoms with Gasteiger partial charge in [0, 0.05) is 0 Å². The van der Waals surface area contributed by atoms with Crippen LogP contribution in [0.5, 0.6) is 0 Å². The van der Waals surface area contributed by atoms with Crippen molar-refractivity contribution in [3.63, 3.8) is 0 Å². The third kappa shape index (κ3) is 2660. The number of hydrogen-bond donors (Lipinski definition) is 0. The van der Waals surface area contributed by atoms with Crippen molar-refractivity contribution in [3.8, 4) is 0 Å². The van der Waals surface area contributed by atoms with Crippen LogP contribution in [0.15, 0.2) is 0 Å². The van der Waals surface area contributed by atoms with Gasteiger partial charge in [0.1, 0.15) is 0 Å². The van der Waals surface area contributed by atoms with Gasteiger partial charge in [-0.1, -0.05) is 83.1 Å². The molecule has 4 radical (unpaired) electrons. The van der Waals surface area contributed by atoms with Gasteiger partial charge in [-0.3, -0.25) is 0 Å². The van der Waals surface area contributed by atoms with Crippen molar-refractivity contribution in [3.05, 3.63) is 11.8 Å². The van der Waals surface area contributed by atoms with Crippen molar-refractivity contribution in [1.82, 2.24) is 0 Å². The Bertz CT molecular complexity index is 106. The van der Waals surface area contributed by atoms with Gasteiger partial charge in [0.25, 0.3) is 0 Å². The minimum absolute atomic E-state index is 0. The van der Waals surface area contributed by atoms with Gasteiger partial charge in [-0.15, -0.1) is 0 Å². The first-order valence-corrected chi connectivity index (χ1v) is 7.22. The molecule has 0 atom stereocenters. The summed E-state index contributed by atoms with van der Waals surface area (Å²) in [6, 6.07) is 0. The molecule has 0 aromatic heterocycles. The molecular weight excluding hydrogens is 375 g/mol. The van der Waals surface area contributed by atoms with E-state index < -0.39 is 0 Å². The summed E-state index contributed by atoms with van der Waals surface area (Å²) in [4.78, 5) is 0. The van der Waals surface area contributed by atoms with E-state index in [0.29, 0.717) is 0 Å². The van der Waals surface area contributed by atoms with Crippen LogP contribution >= 0.6 is 0 Å². The zero-order chi connectivity index (χ0) is 16.2. The maximum atomic E-state index is 4.83. The smallest absolute Gasteiger partial charge is 0.787 e. The third-order valence-electron chi connectivity index (χ3n) is 0. The van der Waals surface area contributed by atoms with Crippen LogP contribution in [0.2, 0.25) is 0 Å². The fraction of sp³-hybridized carbons (Fsp3) is 0.875. The summed E-state index contributed by atoms with van der Waals surface area (Å²) in [6.45, 7) is 24.5. The molecule has 0 unspecified atom stereocenters. The second kappa shape index (κ2) is 17.5. The predicted molar refractivity (Wildman–Crippen MR) is 101 cm³/mol. The average Bonchev–Trinajstić information content (AvgIpc) is 1.70. The van der Waals surface area contributed by atoms with Gasteiger partial charge < -0.3 is 25.3 Å². The van der Waals surface area contributed by atoms with Crippen molar-refractivity contribution >= 4 is 49.2 Å². The standard InChI is InChI=1S/2C4H10S.2C4H9.Sn/c2*1-4(2,3)5;2*1-4(2)3;/h2*5H,1-3H3;2*1-3H3;/q;;;;+2/p-2. The summed E-state index contributed by atoms with van der Waals surface area (Å²) < 4.78 is 0.167. The molecule has 0 saturated carbocycles. The van der Waals surface area contributed by atoms with E-state index in [9.17, 15) is 0 Å². The minimum atomic E-state index is 0. The maximum absolute atomic E-state index is 4.83. The summed E-state index contributed by atoms with van der Waals surface area (Å²) in [6.07, 6.45) is 0. The van der Waals surface area contributed by atoms with Crippen LogP contribution in [0.1, 0.15) is 83.1 Å². The van der Waals surface area contributed by atoms with Crippen LogP contribution < -0.4 is 0 Å². The average molecular weight is 411 g/mol. The number of hydrogen-bond acceptors (Lipinski definition) is 2. The van der Waals surface area contributed by atoms with E-state index in [4.69, 9.17) is 25.3 Å². The summed E-state index contributed by atoms with van der Waals surface area (Å²) in [5, 5.41) is 0. The minimum Gasteiger partial charge on any atom is -0.787 e. The van der Waals surface area contributed by atoms with E-state index in [1.165, 1.54) is 11.8 Å². The van der Waals surface area contributed by atoms with Crippen LogP contribution in [0, 0.1) is 11.8 Å². The van der Waals surface area contributed by atoms with Gasteiger partial charge in [-0.25, -0.2) is 0 Å². The molecule has 0 fully saturated rings. The Hall–Kier alpha value is 1.50. The molecule has 0 N–H and O–H groups in total. The van der Waals surface area contributed by atoms with Gasteiger partial charge in [-0.05, 0) is 11.8 Å². The zero-order valence-corrected chi connectivity index (χ0v) is 19.8. The summed E-state index contributed by atoms with van der Waals surface area (Å²) >= 11 is 9.65. The molecule has 0 bridgehead atoms. The monoisotopic (exact) mass is 412 g/mol. The topological polar surface area (TPSA) is 0 Å². The Morgan fingerprint density at radius 1 is 0.526 bits per heavy atom. The molecule has 0 aromatic rings. The van der Waals surface area contributed by atoms with E-state index in [-0.39, 0.29) is 33.4 Å². The summed E-state index contributed by atoms with van der Waals surface area (Å²) in [5.41, 5.74) is 0. The fourth-order valence-electron chi connectivity index (χ4n) is 0. The van der Waals surface area contributed by atoms with Crippen LogP contribution in [0.3, 0.4) is 0 Å². The Morgan fingerprint density at radius 3 is 0.526 bits per heavy atom. The first-order valence-electron chi connectivity index (χ1n) is 6.41. The molecule has 3 heteroatoms. The molecule has 0 spiro atoms. The van der Waals surface area contributed by atoms with Crippen molar-refractivity contribution < 1.29 is 0 Å². The van der Waals surface area contributed by atoms with E-state index >= 15 is 0 Å². The summed E-state index contributed by atoms with van der Waals surface area (Å²) in [7, 11) is 0. The normalized spacial score (nSPS) is 10.1. The molecule has 0 amide bonds. The Kier molecular flexibility index (Phi) is 30.0. The van der Waals surface area contributed by atoms with Crippen molar-refractivity contribution in [2.24, 2.45) is 0 Å². The SMILES string of the molecule is CC(C)(C)[S-].CC(C)(C)[S-].C[C](C)C.C[C](C)C.[Sn+2]. The maximum Gasteiger partial charge on any atom is 2.00 e. The quantitative estimate of drug-likeness (QED) is 0.380. The van der Waals surface area contributed by atoms with Gasteiger partial charge in [0.15, 0.2) is 0 Å². The van der Waals surface area contributed by atoms with Gasteiger partial charge in [-0.2, -0.15) is 9.49 Å². The molecular formula is C16H36S2Sn. The van der Waals surface area contributed by atoms with E-state index in [2.05, 4.69) is 41.5 Å². The molecule has 0 aliphatic carbocycles.